The molecule has 0 saturated carbocycles. The molecule has 0 amide bonds. The molecule has 1 nitrogen and oxygen atoms in total. The number of rotatable bonds is 4. The Labute approximate surface area is 111 Å². The lowest BCUT2D eigenvalue weighted by Crippen LogP contribution is -2.11. The fraction of sp³-hybridized carbons (Fsp3) is 0.400. The second-order valence-electron chi connectivity index (χ2n) is 4.58. The first-order valence-electron chi connectivity index (χ1n) is 6.18. The SMILES string of the molecule is CC/C(=C\N=C(C)C)c1cccc(CC(F)(F)F)c1. The third-order valence-electron chi connectivity index (χ3n) is 2.56. The van der Waals surface area contributed by atoms with Crippen molar-refractivity contribution in [2.75, 3.05) is 0 Å². The zero-order valence-corrected chi connectivity index (χ0v) is 11.4. The number of halogens is 3. The highest BCUT2D eigenvalue weighted by atomic mass is 19.4. The third kappa shape index (κ3) is 5.73. The average molecular weight is 269 g/mol. The van der Waals surface area contributed by atoms with Crippen LogP contribution in [-0.4, -0.2) is 11.9 Å². The summed E-state index contributed by atoms with van der Waals surface area (Å²) in [7, 11) is 0. The van der Waals surface area contributed by atoms with Gasteiger partial charge in [-0.2, -0.15) is 13.2 Å². The lowest BCUT2D eigenvalue weighted by atomic mass is 10.0. The van der Waals surface area contributed by atoms with Crippen molar-refractivity contribution in [2.24, 2.45) is 4.99 Å². The van der Waals surface area contributed by atoms with Crippen molar-refractivity contribution >= 4 is 11.3 Å². The minimum atomic E-state index is -4.17. The van der Waals surface area contributed by atoms with Crippen molar-refractivity contribution in [3.8, 4) is 0 Å². The lowest BCUT2D eigenvalue weighted by Gasteiger charge is -2.09. The molecule has 0 N–H and O–H groups in total. The fourth-order valence-corrected chi connectivity index (χ4v) is 1.69. The summed E-state index contributed by atoms with van der Waals surface area (Å²) >= 11 is 0. The van der Waals surface area contributed by atoms with Gasteiger partial charge in [-0.15, -0.1) is 0 Å². The van der Waals surface area contributed by atoms with E-state index in [9.17, 15) is 13.2 Å². The number of nitrogens with zero attached hydrogens (tertiary/aromatic N) is 1. The molecule has 0 saturated heterocycles. The molecule has 104 valence electrons. The number of benzene rings is 1. The van der Waals surface area contributed by atoms with Gasteiger partial charge in [0.05, 0.1) is 6.42 Å². The number of allylic oxidation sites excluding steroid dienone is 1. The molecule has 0 spiro atoms. The Bertz CT molecular complexity index is 480. The van der Waals surface area contributed by atoms with Crippen LogP contribution in [0, 0.1) is 0 Å². The van der Waals surface area contributed by atoms with Gasteiger partial charge in [-0.1, -0.05) is 31.2 Å². The quantitative estimate of drug-likeness (QED) is 0.680. The van der Waals surface area contributed by atoms with E-state index in [0.717, 1.165) is 23.3 Å². The lowest BCUT2D eigenvalue weighted by molar-refractivity contribution is -0.127. The number of alkyl halides is 3. The Kier molecular flexibility index (Phi) is 5.33. The maximum Gasteiger partial charge on any atom is 0.393 e. The molecule has 1 aromatic carbocycles. The summed E-state index contributed by atoms with van der Waals surface area (Å²) in [6.45, 7) is 5.72. The third-order valence-corrected chi connectivity index (χ3v) is 2.56. The Balaban J connectivity index is 3.03. The highest BCUT2D eigenvalue weighted by Gasteiger charge is 2.27. The molecule has 1 rings (SSSR count). The molecule has 19 heavy (non-hydrogen) atoms. The van der Waals surface area contributed by atoms with Crippen LogP contribution in [0.3, 0.4) is 0 Å². The first-order chi connectivity index (χ1) is 8.81. The molecule has 0 aromatic heterocycles. The highest BCUT2D eigenvalue weighted by Crippen LogP contribution is 2.24. The Hall–Kier alpha value is -1.58. The van der Waals surface area contributed by atoms with Crippen molar-refractivity contribution in [2.45, 2.75) is 39.8 Å². The van der Waals surface area contributed by atoms with Gasteiger partial charge >= 0.3 is 6.18 Å². The van der Waals surface area contributed by atoms with Gasteiger partial charge in [0, 0.05) is 11.9 Å². The van der Waals surface area contributed by atoms with E-state index < -0.39 is 12.6 Å². The van der Waals surface area contributed by atoms with Gasteiger partial charge in [0.15, 0.2) is 0 Å². The van der Waals surface area contributed by atoms with Crippen LogP contribution in [0.4, 0.5) is 13.2 Å². The zero-order chi connectivity index (χ0) is 14.5. The molecule has 0 radical (unpaired) electrons. The standard InChI is InChI=1S/C15H18F3N/c1-4-13(10-19-11(2)3)14-7-5-6-12(8-14)9-15(16,17)18/h5-8,10H,4,9H2,1-3H3/b13-10+. The predicted octanol–water partition coefficient (Wildman–Crippen LogP) is 5.02. The van der Waals surface area contributed by atoms with Crippen molar-refractivity contribution in [3.05, 3.63) is 41.6 Å². The van der Waals surface area contributed by atoms with Gasteiger partial charge in [-0.3, -0.25) is 4.99 Å². The molecular weight excluding hydrogens is 251 g/mol. The topological polar surface area (TPSA) is 12.4 Å². The monoisotopic (exact) mass is 269 g/mol. The molecular formula is C15H18F3N. The normalized spacial score (nSPS) is 12.4. The van der Waals surface area contributed by atoms with Gasteiger partial charge in [-0.05, 0) is 37.0 Å². The van der Waals surface area contributed by atoms with Crippen molar-refractivity contribution in [3.63, 3.8) is 0 Å². The summed E-state index contributed by atoms with van der Waals surface area (Å²) in [6.07, 6.45) is -2.62. The Morgan fingerprint density at radius 2 is 1.95 bits per heavy atom. The summed E-state index contributed by atoms with van der Waals surface area (Å²) in [5, 5.41) is 0. The molecule has 0 heterocycles. The number of aliphatic imine (C=N–C) groups is 1. The number of hydrogen-bond donors (Lipinski definition) is 0. The Morgan fingerprint density at radius 1 is 1.26 bits per heavy atom. The summed E-state index contributed by atoms with van der Waals surface area (Å²) in [5.41, 5.74) is 2.93. The van der Waals surface area contributed by atoms with Crippen LogP contribution in [0.1, 0.15) is 38.3 Å². The zero-order valence-electron chi connectivity index (χ0n) is 11.4. The van der Waals surface area contributed by atoms with Gasteiger partial charge in [-0.25, -0.2) is 0 Å². The Morgan fingerprint density at radius 3 is 2.47 bits per heavy atom. The fourth-order valence-electron chi connectivity index (χ4n) is 1.69. The molecule has 0 atom stereocenters. The maximum absolute atomic E-state index is 12.4. The highest BCUT2D eigenvalue weighted by molar-refractivity contribution is 5.81. The van der Waals surface area contributed by atoms with E-state index >= 15 is 0 Å². The summed E-state index contributed by atoms with van der Waals surface area (Å²) in [6, 6.07) is 6.56. The molecule has 0 unspecified atom stereocenters. The predicted molar refractivity (Wildman–Crippen MR) is 73.3 cm³/mol. The smallest absolute Gasteiger partial charge is 0.266 e. The van der Waals surface area contributed by atoms with Crippen LogP contribution in [-0.2, 0) is 6.42 Å². The summed E-state index contributed by atoms with van der Waals surface area (Å²) in [4.78, 5) is 4.21. The van der Waals surface area contributed by atoms with Gasteiger partial charge < -0.3 is 0 Å². The second kappa shape index (κ2) is 6.55. The van der Waals surface area contributed by atoms with E-state index in [2.05, 4.69) is 4.99 Å². The van der Waals surface area contributed by atoms with E-state index in [4.69, 9.17) is 0 Å². The molecule has 1 aromatic rings. The van der Waals surface area contributed by atoms with Gasteiger partial charge in [0.1, 0.15) is 0 Å². The van der Waals surface area contributed by atoms with Crippen molar-refractivity contribution in [1.29, 1.82) is 0 Å². The van der Waals surface area contributed by atoms with Crippen LogP contribution in [0.2, 0.25) is 0 Å². The second-order valence-corrected chi connectivity index (χ2v) is 4.58. The minimum Gasteiger partial charge on any atom is -0.266 e. The van der Waals surface area contributed by atoms with E-state index in [0.29, 0.717) is 0 Å². The van der Waals surface area contributed by atoms with Crippen LogP contribution < -0.4 is 0 Å². The van der Waals surface area contributed by atoms with Crippen LogP contribution in [0.25, 0.3) is 5.57 Å². The van der Waals surface area contributed by atoms with E-state index in [-0.39, 0.29) is 5.56 Å². The molecule has 0 bridgehead atoms. The minimum absolute atomic E-state index is 0.279. The van der Waals surface area contributed by atoms with Crippen LogP contribution >= 0.6 is 0 Å². The first kappa shape index (κ1) is 15.5. The maximum atomic E-state index is 12.4. The first-order valence-corrected chi connectivity index (χ1v) is 6.18. The van der Waals surface area contributed by atoms with Gasteiger partial charge in [0.2, 0.25) is 0 Å². The van der Waals surface area contributed by atoms with Crippen LogP contribution in [0.15, 0.2) is 35.5 Å². The van der Waals surface area contributed by atoms with Crippen LogP contribution in [0.5, 0.6) is 0 Å². The van der Waals surface area contributed by atoms with E-state index in [1.54, 1.807) is 18.3 Å². The van der Waals surface area contributed by atoms with E-state index in [1.165, 1.54) is 6.07 Å². The molecule has 0 aliphatic carbocycles. The number of hydrogen-bond acceptors (Lipinski definition) is 1. The van der Waals surface area contributed by atoms with E-state index in [1.807, 2.05) is 26.8 Å². The molecule has 0 aliphatic rings. The van der Waals surface area contributed by atoms with Crippen molar-refractivity contribution in [1.82, 2.24) is 0 Å². The molecule has 0 aliphatic heterocycles. The van der Waals surface area contributed by atoms with Crippen molar-refractivity contribution < 1.29 is 13.2 Å². The molecule has 0 fully saturated rings. The average Bonchev–Trinajstić information content (AvgIpc) is 2.27. The summed E-state index contributed by atoms with van der Waals surface area (Å²) < 4.78 is 37.1. The molecule has 4 heteroatoms. The van der Waals surface area contributed by atoms with Gasteiger partial charge in [0.25, 0.3) is 0 Å². The summed E-state index contributed by atoms with van der Waals surface area (Å²) in [5.74, 6) is 0. The largest absolute Gasteiger partial charge is 0.393 e.